The van der Waals surface area contributed by atoms with Crippen molar-refractivity contribution >= 4 is 12.0 Å². The number of ether oxygens (including phenoxy) is 2. The first-order valence-corrected chi connectivity index (χ1v) is 5.65. The smallest absolute Gasteiger partial charge is 0.461 e. The van der Waals surface area contributed by atoms with Gasteiger partial charge in [-0.3, -0.25) is 0 Å². The van der Waals surface area contributed by atoms with Gasteiger partial charge in [-0.1, -0.05) is 12.1 Å². The van der Waals surface area contributed by atoms with E-state index in [0.717, 1.165) is 18.2 Å². The predicted octanol–water partition coefficient (Wildman–Crippen LogP) is 3.50. The number of carbonyl (C=O) groups excluding carboxylic acids is 1. The molecule has 0 saturated heterocycles. The Morgan fingerprint density at radius 1 is 1.40 bits per heavy atom. The minimum Gasteiger partial charge on any atom is -0.463 e. The van der Waals surface area contributed by atoms with E-state index in [-0.39, 0.29) is 6.61 Å². The summed E-state index contributed by atoms with van der Waals surface area (Å²) in [5.41, 5.74) is 0.334. The monoisotopic (exact) mass is 292 g/mol. The van der Waals surface area contributed by atoms with Gasteiger partial charge >= 0.3 is 18.5 Å². The zero-order chi connectivity index (χ0) is 15.2. The van der Waals surface area contributed by atoms with E-state index in [9.17, 15) is 22.4 Å². The van der Waals surface area contributed by atoms with E-state index in [4.69, 9.17) is 0 Å². The number of benzene rings is 1. The van der Waals surface area contributed by atoms with Gasteiger partial charge < -0.3 is 9.47 Å². The molecular formula is C13H12F4O3. The Morgan fingerprint density at radius 2 is 2.10 bits per heavy atom. The van der Waals surface area contributed by atoms with Gasteiger partial charge in [-0.2, -0.15) is 17.6 Å². The lowest BCUT2D eigenvalue weighted by Gasteiger charge is -2.16. The molecule has 0 unspecified atom stereocenters. The molecule has 0 radical (unpaired) electrons. The van der Waals surface area contributed by atoms with Crippen LogP contribution in [0.25, 0.3) is 6.08 Å². The Bertz CT molecular complexity index is 486. The lowest BCUT2D eigenvalue weighted by atomic mass is 10.2. The lowest BCUT2D eigenvalue weighted by molar-refractivity contribution is -0.253. The van der Waals surface area contributed by atoms with Crippen LogP contribution in [0.3, 0.4) is 0 Å². The highest BCUT2D eigenvalue weighted by Gasteiger charge is 2.43. The van der Waals surface area contributed by atoms with Gasteiger partial charge in [0.1, 0.15) is 5.75 Å². The molecule has 7 heteroatoms. The van der Waals surface area contributed by atoms with E-state index in [1.807, 2.05) is 0 Å². The molecule has 1 rings (SSSR count). The molecule has 0 aliphatic carbocycles. The highest BCUT2D eigenvalue weighted by molar-refractivity contribution is 5.87. The molecule has 0 saturated carbocycles. The quantitative estimate of drug-likeness (QED) is 0.457. The van der Waals surface area contributed by atoms with Crippen molar-refractivity contribution < 1.29 is 31.8 Å². The van der Waals surface area contributed by atoms with Crippen LogP contribution in [0.4, 0.5) is 17.6 Å². The number of esters is 1. The van der Waals surface area contributed by atoms with Gasteiger partial charge in [-0.15, -0.1) is 0 Å². The fraction of sp³-hybridized carbons (Fsp3) is 0.308. The lowest BCUT2D eigenvalue weighted by Crippen LogP contribution is -2.33. The van der Waals surface area contributed by atoms with Gasteiger partial charge in [0.2, 0.25) is 0 Å². The summed E-state index contributed by atoms with van der Waals surface area (Å²) in [6.07, 6.45) is -6.11. The van der Waals surface area contributed by atoms with Crippen molar-refractivity contribution in [3.63, 3.8) is 0 Å². The van der Waals surface area contributed by atoms with E-state index < -0.39 is 24.3 Å². The summed E-state index contributed by atoms with van der Waals surface area (Å²) in [4.78, 5) is 11.1. The summed E-state index contributed by atoms with van der Waals surface area (Å²) in [5, 5.41) is 0. The molecule has 0 bridgehead atoms. The molecule has 110 valence electrons. The van der Waals surface area contributed by atoms with Crippen LogP contribution in [0.5, 0.6) is 5.75 Å². The Balaban J connectivity index is 2.78. The molecule has 3 nitrogen and oxygen atoms in total. The van der Waals surface area contributed by atoms with Crippen molar-refractivity contribution in [2.75, 3.05) is 6.61 Å². The predicted molar refractivity (Wildman–Crippen MR) is 63.7 cm³/mol. The summed E-state index contributed by atoms with van der Waals surface area (Å²) >= 11 is 0. The van der Waals surface area contributed by atoms with Gasteiger partial charge in [0.25, 0.3) is 0 Å². The maximum Gasteiger partial charge on any atom is 0.461 e. The Kier molecular flexibility index (Phi) is 5.54. The van der Waals surface area contributed by atoms with Crippen molar-refractivity contribution in [2.45, 2.75) is 19.5 Å². The molecular weight excluding hydrogens is 280 g/mol. The number of rotatable bonds is 6. The second kappa shape index (κ2) is 6.93. The minimum atomic E-state index is -4.57. The summed E-state index contributed by atoms with van der Waals surface area (Å²) in [7, 11) is 0. The van der Waals surface area contributed by atoms with E-state index in [2.05, 4.69) is 9.47 Å². The molecule has 0 amide bonds. The average Bonchev–Trinajstić information content (AvgIpc) is 2.36. The average molecular weight is 292 g/mol. The molecule has 0 aliphatic rings. The molecule has 1 aromatic carbocycles. The largest absolute Gasteiger partial charge is 0.463 e. The van der Waals surface area contributed by atoms with E-state index in [0.29, 0.717) is 5.56 Å². The van der Waals surface area contributed by atoms with Crippen molar-refractivity contribution in [2.24, 2.45) is 0 Å². The molecule has 0 aliphatic heterocycles. The number of hydrogen-bond acceptors (Lipinski definition) is 3. The number of hydrogen-bond donors (Lipinski definition) is 0. The van der Waals surface area contributed by atoms with Gasteiger partial charge in [-0.25, -0.2) is 4.79 Å². The fourth-order valence-electron chi connectivity index (χ4n) is 1.24. The number of alkyl halides is 4. The van der Waals surface area contributed by atoms with E-state index in [1.54, 1.807) is 6.92 Å². The van der Waals surface area contributed by atoms with Crippen molar-refractivity contribution in [3.8, 4) is 5.75 Å². The Morgan fingerprint density at radius 3 is 2.70 bits per heavy atom. The number of carbonyl (C=O) groups is 1. The highest BCUT2D eigenvalue weighted by atomic mass is 19.3. The molecule has 0 spiro atoms. The van der Waals surface area contributed by atoms with Crippen LogP contribution in [-0.4, -0.2) is 25.1 Å². The number of halogens is 4. The van der Waals surface area contributed by atoms with E-state index in [1.165, 1.54) is 18.2 Å². The Labute approximate surface area is 112 Å². The molecule has 0 N–H and O–H groups in total. The third kappa shape index (κ3) is 4.91. The highest BCUT2D eigenvalue weighted by Crippen LogP contribution is 2.28. The van der Waals surface area contributed by atoms with Crippen LogP contribution in [0, 0.1) is 0 Å². The fourth-order valence-corrected chi connectivity index (χ4v) is 1.24. The maximum atomic E-state index is 12.7. The molecule has 0 fully saturated rings. The zero-order valence-electron chi connectivity index (χ0n) is 10.5. The zero-order valence-corrected chi connectivity index (χ0v) is 10.5. The first-order chi connectivity index (χ1) is 9.35. The SMILES string of the molecule is CCOC(=O)C=Cc1cccc(OC(F)(F)C(F)F)c1. The first-order valence-electron chi connectivity index (χ1n) is 5.65. The van der Waals surface area contributed by atoms with Crippen LogP contribution in [0.15, 0.2) is 30.3 Å². The van der Waals surface area contributed by atoms with Crippen molar-refractivity contribution in [3.05, 3.63) is 35.9 Å². The van der Waals surface area contributed by atoms with Crippen LogP contribution in [-0.2, 0) is 9.53 Å². The summed E-state index contributed by atoms with van der Waals surface area (Å²) in [6.45, 7) is 1.83. The molecule has 0 heterocycles. The normalized spacial score (nSPS) is 11.9. The summed E-state index contributed by atoms with van der Waals surface area (Å²) in [6, 6.07) is 5.04. The van der Waals surface area contributed by atoms with Crippen LogP contribution >= 0.6 is 0 Å². The minimum absolute atomic E-state index is 0.201. The summed E-state index contributed by atoms with van der Waals surface area (Å²) < 4.78 is 58.0. The second-order valence-electron chi connectivity index (χ2n) is 3.62. The molecule has 20 heavy (non-hydrogen) atoms. The van der Waals surface area contributed by atoms with Gasteiger partial charge in [-0.05, 0) is 30.7 Å². The van der Waals surface area contributed by atoms with Gasteiger partial charge in [0.15, 0.2) is 0 Å². The van der Waals surface area contributed by atoms with Crippen LogP contribution in [0.1, 0.15) is 12.5 Å². The van der Waals surface area contributed by atoms with Gasteiger partial charge in [0, 0.05) is 6.08 Å². The van der Waals surface area contributed by atoms with Crippen LogP contribution in [0.2, 0.25) is 0 Å². The third-order valence-corrected chi connectivity index (χ3v) is 2.06. The van der Waals surface area contributed by atoms with Crippen molar-refractivity contribution in [1.29, 1.82) is 0 Å². The third-order valence-electron chi connectivity index (χ3n) is 2.06. The molecule has 0 atom stereocenters. The summed E-state index contributed by atoms with van der Waals surface area (Å²) in [5.74, 6) is -1.03. The van der Waals surface area contributed by atoms with Crippen LogP contribution < -0.4 is 4.74 Å². The topological polar surface area (TPSA) is 35.5 Å². The van der Waals surface area contributed by atoms with E-state index >= 15 is 0 Å². The first kappa shape index (κ1) is 16.0. The van der Waals surface area contributed by atoms with Crippen molar-refractivity contribution in [1.82, 2.24) is 0 Å². The molecule has 0 aromatic heterocycles. The standard InChI is InChI=1S/C13H12F4O3/c1-2-19-11(18)7-6-9-4-3-5-10(8-9)20-13(16,17)12(14)15/h3-8,12H,2H2,1H3. The second-order valence-corrected chi connectivity index (χ2v) is 3.62. The van der Waals surface area contributed by atoms with Gasteiger partial charge in [0.05, 0.1) is 6.61 Å². The maximum absolute atomic E-state index is 12.7. The Hall–Kier alpha value is -2.05. The molecule has 1 aromatic rings.